The summed E-state index contributed by atoms with van der Waals surface area (Å²) in [6.07, 6.45) is 1.76. The molecule has 3 aromatic carbocycles. The smallest absolute Gasteiger partial charge is 0.222 e. The van der Waals surface area contributed by atoms with Crippen LogP contribution in [-0.4, -0.2) is 45.6 Å². The van der Waals surface area contributed by atoms with Gasteiger partial charge in [0.1, 0.15) is 17.3 Å². The molecular formula is C31H34FN3O3. The van der Waals surface area contributed by atoms with Crippen LogP contribution in [0.1, 0.15) is 24.0 Å². The Morgan fingerprint density at radius 2 is 1.76 bits per heavy atom. The van der Waals surface area contributed by atoms with Crippen molar-refractivity contribution in [2.75, 3.05) is 19.7 Å². The average Bonchev–Trinajstić information content (AvgIpc) is 3.69. The van der Waals surface area contributed by atoms with Crippen LogP contribution >= 0.6 is 0 Å². The number of hydrogen-bond acceptors (Lipinski definition) is 5. The van der Waals surface area contributed by atoms with E-state index in [0.29, 0.717) is 37.2 Å². The molecule has 0 radical (unpaired) electrons. The van der Waals surface area contributed by atoms with Gasteiger partial charge in [-0.2, -0.15) is 5.10 Å². The Balaban J connectivity index is 1.36. The minimum Gasteiger partial charge on any atom is -0.439 e. The Morgan fingerprint density at radius 1 is 1.03 bits per heavy atom. The summed E-state index contributed by atoms with van der Waals surface area (Å²) >= 11 is 0. The van der Waals surface area contributed by atoms with Gasteiger partial charge in [-0.05, 0) is 36.5 Å². The number of benzene rings is 3. The van der Waals surface area contributed by atoms with Gasteiger partial charge in [0.05, 0.1) is 24.9 Å². The summed E-state index contributed by atoms with van der Waals surface area (Å²) in [6, 6.07) is 26.1. The monoisotopic (exact) mass is 515 g/mol. The lowest BCUT2D eigenvalue weighted by Crippen LogP contribution is -2.36. The highest BCUT2D eigenvalue weighted by Crippen LogP contribution is 2.36. The third-order valence-electron chi connectivity index (χ3n) is 6.63. The molecule has 0 aliphatic heterocycles. The number of rotatable bonds is 13. The molecule has 0 spiro atoms. The minimum absolute atomic E-state index is 0.251. The molecule has 1 atom stereocenters. The van der Waals surface area contributed by atoms with Crippen LogP contribution in [0.15, 0.2) is 84.9 Å². The van der Waals surface area contributed by atoms with E-state index in [1.165, 1.54) is 25.0 Å². The summed E-state index contributed by atoms with van der Waals surface area (Å²) in [7, 11) is 1.84. The molecule has 1 aliphatic carbocycles. The lowest BCUT2D eigenvalue weighted by Gasteiger charge is -2.25. The van der Waals surface area contributed by atoms with Crippen molar-refractivity contribution in [1.82, 2.24) is 14.7 Å². The first-order valence-corrected chi connectivity index (χ1v) is 13.1. The van der Waals surface area contributed by atoms with Crippen molar-refractivity contribution in [3.05, 3.63) is 102 Å². The van der Waals surface area contributed by atoms with Gasteiger partial charge in [0, 0.05) is 38.3 Å². The number of ether oxygens (including phenoxy) is 2. The van der Waals surface area contributed by atoms with Crippen molar-refractivity contribution >= 4 is 0 Å². The number of nitrogens with zero attached hydrogens (tertiary/aromatic N) is 3. The molecule has 1 saturated carbocycles. The van der Waals surface area contributed by atoms with Crippen molar-refractivity contribution in [3.63, 3.8) is 0 Å². The van der Waals surface area contributed by atoms with Gasteiger partial charge in [-0.3, -0.25) is 4.90 Å². The lowest BCUT2D eigenvalue weighted by molar-refractivity contribution is 0.00774. The van der Waals surface area contributed by atoms with E-state index in [2.05, 4.69) is 4.90 Å². The van der Waals surface area contributed by atoms with Gasteiger partial charge in [0.25, 0.3) is 0 Å². The number of halogens is 1. The van der Waals surface area contributed by atoms with E-state index < -0.39 is 6.10 Å². The molecule has 0 amide bonds. The fourth-order valence-electron chi connectivity index (χ4n) is 4.62. The molecule has 1 aromatic heterocycles. The molecule has 6 nitrogen and oxygen atoms in total. The zero-order valence-corrected chi connectivity index (χ0v) is 21.7. The van der Waals surface area contributed by atoms with Gasteiger partial charge in [-0.25, -0.2) is 9.07 Å². The van der Waals surface area contributed by atoms with E-state index in [-0.39, 0.29) is 12.4 Å². The van der Waals surface area contributed by atoms with Crippen LogP contribution in [0.25, 0.3) is 11.3 Å². The second-order valence-corrected chi connectivity index (χ2v) is 9.97. The highest BCUT2D eigenvalue weighted by atomic mass is 19.1. The number of aryl methyl sites for hydroxylation is 1. The van der Waals surface area contributed by atoms with Crippen molar-refractivity contribution in [2.24, 2.45) is 13.0 Å². The van der Waals surface area contributed by atoms with Crippen molar-refractivity contribution in [1.29, 1.82) is 0 Å². The maximum Gasteiger partial charge on any atom is 0.222 e. The molecule has 1 aliphatic rings. The van der Waals surface area contributed by atoms with Gasteiger partial charge in [-0.15, -0.1) is 0 Å². The lowest BCUT2D eigenvalue weighted by atomic mass is 10.1. The van der Waals surface area contributed by atoms with E-state index in [1.807, 2.05) is 67.7 Å². The predicted octanol–water partition coefficient (Wildman–Crippen LogP) is 5.81. The maximum absolute atomic E-state index is 13.9. The van der Waals surface area contributed by atoms with Gasteiger partial charge in [0.2, 0.25) is 5.88 Å². The Kier molecular flexibility index (Phi) is 8.48. The van der Waals surface area contributed by atoms with Crippen LogP contribution in [-0.2, 0) is 24.9 Å². The molecular weight excluding hydrogens is 481 g/mol. The summed E-state index contributed by atoms with van der Waals surface area (Å²) in [4.78, 5) is 2.26. The molecule has 1 fully saturated rings. The molecule has 1 heterocycles. The van der Waals surface area contributed by atoms with E-state index >= 15 is 0 Å². The number of aliphatic hydroxyl groups is 1. The second kappa shape index (κ2) is 12.3. The molecule has 0 bridgehead atoms. The first-order chi connectivity index (χ1) is 18.5. The van der Waals surface area contributed by atoms with E-state index in [1.54, 1.807) is 16.8 Å². The quantitative estimate of drug-likeness (QED) is 0.244. The van der Waals surface area contributed by atoms with E-state index in [9.17, 15) is 9.50 Å². The highest BCUT2D eigenvalue weighted by molar-refractivity contribution is 5.65. The molecule has 0 saturated heterocycles. The summed E-state index contributed by atoms with van der Waals surface area (Å²) in [6.45, 7) is 2.59. The van der Waals surface area contributed by atoms with Gasteiger partial charge >= 0.3 is 0 Å². The van der Waals surface area contributed by atoms with Crippen LogP contribution in [0.5, 0.6) is 11.6 Å². The molecule has 1 N–H and O–H groups in total. The number of aromatic nitrogens is 2. The first kappa shape index (κ1) is 26.1. The normalized spacial score (nSPS) is 14.1. The molecule has 1 unspecified atom stereocenters. The van der Waals surface area contributed by atoms with Gasteiger partial charge in [-0.1, -0.05) is 66.7 Å². The number of aliphatic hydroxyl groups excluding tert-OH is 1. The summed E-state index contributed by atoms with van der Waals surface area (Å²) < 4.78 is 27.6. The topological polar surface area (TPSA) is 59.8 Å². The van der Waals surface area contributed by atoms with Crippen LogP contribution in [0.4, 0.5) is 4.39 Å². The summed E-state index contributed by atoms with van der Waals surface area (Å²) in [5.41, 5.74) is 3.78. The minimum atomic E-state index is -0.637. The number of hydrogen-bond donors (Lipinski definition) is 1. The molecule has 7 heteroatoms. The molecule has 4 aromatic rings. The first-order valence-electron chi connectivity index (χ1n) is 13.1. The van der Waals surface area contributed by atoms with E-state index in [4.69, 9.17) is 14.6 Å². The Hall–Kier alpha value is -3.52. The van der Waals surface area contributed by atoms with Crippen LogP contribution in [0, 0.1) is 11.7 Å². The van der Waals surface area contributed by atoms with Gasteiger partial charge < -0.3 is 14.6 Å². The fourth-order valence-corrected chi connectivity index (χ4v) is 4.62. The molecule has 198 valence electrons. The van der Waals surface area contributed by atoms with Crippen LogP contribution in [0.3, 0.4) is 0 Å². The third kappa shape index (κ3) is 7.07. The zero-order valence-electron chi connectivity index (χ0n) is 21.7. The largest absolute Gasteiger partial charge is 0.439 e. The van der Waals surface area contributed by atoms with Crippen LogP contribution < -0.4 is 4.74 Å². The van der Waals surface area contributed by atoms with Crippen molar-refractivity contribution in [3.8, 4) is 22.9 Å². The SMILES string of the molecule is Cn1nc(-c2ccccc2)c(CN(CC(O)COCc2ccccc2)CC2CC2)c1Oc1cccc(F)c1. The third-order valence-corrected chi connectivity index (χ3v) is 6.63. The Labute approximate surface area is 223 Å². The standard InChI is InChI=1S/C31H34FN3O3/c1-34-31(38-28-14-8-13-26(32)17-28)29(30(33-34)25-11-6-3-7-12-25)20-35(18-23-15-16-23)19-27(36)22-37-21-24-9-4-2-5-10-24/h2-14,17,23,27,36H,15-16,18-22H2,1H3. The van der Waals surface area contributed by atoms with Crippen molar-refractivity contribution < 1.29 is 19.0 Å². The maximum atomic E-state index is 13.9. The summed E-state index contributed by atoms with van der Waals surface area (Å²) in [5, 5.41) is 15.7. The Bertz CT molecular complexity index is 1310. The molecule has 38 heavy (non-hydrogen) atoms. The van der Waals surface area contributed by atoms with E-state index in [0.717, 1.165) is 28.9 Å². The van der Waals surface area contributed by atoms with Gasteiger partial charge in [0.15, 0.2) is 0 Å². The molecule has 5 rings (SSSR count). The average molecular weight is 516 g/mol. The Morgan fingerprint density at radius 3 is 2.47 bits per heavy atom. The second-order valence-electron chi connectivity index (χ2n) is 9.97. The zero-order chi connectivity index (χ0) is 26.3. The van der Waals surface area contributed by atoms with Crippen molar-refractivity contribution in [2.45, 2.75) is 32.1 Å². The summed E-state index contributed by atoms with van der Waals surface area (Å²) in [5.74, 6) is 1.24. The highest BCUT2D eigenvalue weighted by Gasteiger charge is 2.28. The fraction of sp³-hybridized carbons (Fsp3) is 0.323. The predicted molar refractivity (Wildman–Crippen MR) is 145 cm³/mol. The van der Waals surface area contributed by atoms with Crippen LogP contribution in [0.2, 0.25) is 0 Å².